The quantitative estimate of drug-likeness (QED) is 0.657. The Bertz CT molecular complexity index is 995. The van der Waals surface area contributed by atoms with E-state index in [4.69, 9.17) is 16.6 Å². The summed E-state index contributed by atoms with van der Waals surface area (Å²) in [6.07, 6.45) is 0. The van der Waals surface area contributed by atoms with Crippen molar-refractivity contribution in [2.75, 3.05) is 13.6 Å². The van der Waals surface area contributed by atoms with Crippen LogP contribution in [0.1, 0.15) is 5.56 Å². The molecule has 0 atom stereocenters. The van der Waals surface area contributed by atoms with Crippen molar-refractivity contribution < 1.29 is 4.79 Å². The molecule has 5 nitrogen and oxygen atoms in total. The number of nitrogens with zero attached hydrogens (tertiary/aromatic N) is 2. The zero-order valence-electron chi connectivity index (χ0n) is 15.2. The predicted molar refractivity (Wildman–Crippen MR) is 112 cm³/mol. The van der Waals surface area contributed by atoms with Crippen LogP contribution in [0.25, 0.3) is 11.3 Å². The molecule has 2 aromatic carbocycles. The van der Waals surface area contributed by atoms with E-state index in [0.29, 0.717) is 18.1 Å². The number of benzene rings is 2. The molecule has 1 aromatic heterocycles. The smallest absolute Gasteiger partial charge is 0.314 e. The lowest BCUT2D eigenvalue weighted by atomic mass is 10.2. The summed E-state index contributed by atoms with van der Waals surface area (Å²) in [6.45, 7) is 3.07. The second-order valence-corrected chi connectivity index (χ2v) is 7.17. The van der Waals surface area contributed by atoms with Crippen molar-refractivity contribution in [3.63, 3.8) is 0 Å². The van der Waals surface area contributed by atoms with Crippen molar-refractivity contribution in [3.05, 3.63) is 69.3 Å². The first-order chi connectivity index (χ1) is 13.1. The number of hydrogen-bond donors (Lipinski definition) is 2. The maximum absolute atomic E-state index is 11.5. The number of carbonyl (C=O) groups excluding carboxylic acids is 1. The number of nitrogens with one attached hydrogen (secondary N) is 2. The highest BCUT2D eigenvalue weighted by Gasteiger charge is 2.09. The molecule has 0 aliphatic heterocycles. The van der Waals surface area contributed by atoms with Crippen LogP contribution >= 0.6 is 22.9 Å². The molecular formula is C20H21ClN4OS. The fourth-order valence-corrected chi connectivity index (χ4v) is 3.78. The standard InChI is InChI=1S/C20H21ClN4OS/c1-14-16(21)9-6-10-17(14)24-20-25(12-11-23-19(26)22-2)18(13-27-20)15-7-4-3-5-8-15/h3-10,13H,11-12H2,1-2H3,(H2,22,23,26). The van der Waals surface area contributed by atoms with Crippen molar-refractivity contribution in [1.29, 1.82) is 0 Å². The molecule has 2 amide bonds. The van der Waals surface area contributed by atoms with Crippen LogP contribution in [-0.2, 0) is 6.54 Å². The maximum Gasteiger partial charge on any atom is 0.314 e. The Morgan fingerprint density at radius 2 is 1.96 bits per heavy atom. The molecule has 0 saturated heterocycles. The van der Waals surface area contributed by atoms with Gasteiger partial charge >= 0.3 is 6.03 Å². The first-order valence-corrected chi connectivity index (χ1v) is 9.85. The highest BCUT2D eigenvalue weighted by molar-refractivity contribution is 7.07. The molecule has 3 aromatic rings. The topological polar surface area (TPSA) is 58.4 Å². The Labute approximate surface area is 167 Å². The van der Waals surface area contributed by atoms with E-state index in [0.717, 1.165) is 27.3 Å². The molecule has 0 unspecified atom stereocenters. The highest BCUT2D eigenvalue weighted by atomic mass is 35.5. The van der Waals surface area contributed by atoms with Crippen LogP contribution in [0.4, 0.5) is 10.5 Å². The largest absolute Gasteiger partial charge is 0.341 e. The van der Waals surface area contributed by atoms with Gasteiger partial charge in [0, 0.05) is 30.5 Å². The fraction of sp³-hybridized carbons (Fsp3) is 0.200. The highest BCUT2D eigenvalue weighted by Crippen LogP contribution is 2.26. The molecule has 3 rings (SSSR count). The van der Waals surface area contributed by atoms with Gasteiger partial charge in [0.1, 0.15) is 0 Å². The Morgan fingerprint density at radius 3 is 2.70 bits per heavy atom. The zero-order valence-corrected chi connectivity index (χ0v) is 16.8. The van der Waals surface area contributed by atoms with E-state index in [9.17, 15) is 4.79 Å². The van der Waals surface area contributed by atoms with E-state index < -0.39 is 0 Å². The van der Waals surface area contributed by atoms with Gasteiger partial charge in [0.15, 0.2) is 4.80 Å². The lowest BCUT2D eigenvalue weighted by molar-refractivity contribution is 0.242. The van der Waals surface area contributed by atoms with E-state index in [1.807, 2.05) is 43.3 Å². The minimum absolute atomic E-state index is 0.198. The minimum atomic E-state index is -0.198. The van der Waals surface area contributed by atoms with Gasteiger partial charge in [0.25, 0.3) is 0 Å². The number of aromatic nitrogens is 1. The molecule has 0 aliphatic rings. The van der Waals surface area contributed by atoms with Gasteiger partial charge in [0.05, 0.1) is 11.4 Å². The lowest BCUT2D eigenvalue weighted by Crippen LogP contribution is -2.36. The van der Waals surface area contributed by atoms with Gasteiger partial charge in [0.2, 0.25) is 0 Å². The first-order valence-electron chi connectivity index (χ1n) is 8.59. The summed E-state index contributed by atoms with van der Waals surface area (Å²) in [5.41, 5.74) is 3.97. The molecular weight excluding hydrogens is 380 g/mol. The van der Waals surface area contributed by atoms with E-state index in [2.05, 4.69) is 32.7 Å². The fourth-order valence-electron chi connectivity index (χ4n) is 2.66. The summed E-state index contributed by atoms with van der Waals surface area (Å²) in [4.78, 5) is 17.2. The number of halogens is 1. The van der Waals surface area contributed by atoms with Crippen molar-refractivity contribution in [2.45, 2.75) is 13.5 Å². The van der Waals surface area contributed by atoms with Crippen LogP contribution in [0.3, 0.4) is 0 Å². The molecule has 140 valence electrons. The third-order valence-corrected chi connectivity index (χ3v) is 5.44. The van der Waals surface area contributed by atoms with E-state index in [1.165, 1.54) is 0 Å². The predicted octanol–water partition coefficient (Wildman–Crippen LogP) is 4.34. The molecule has 1 heterocycles. The summed E-state index contributed by atoms with van der Waals surface area (Å²) in [5.74, 6) is 0. The minimum Gasteiger partial charge on any atom is -0.341 e. The van der Waals surface area contributed by atoms with Crippen LogP contribution in [0.15, 0.2) is 58.9 Å². The van der Waals surface area contributed by atoms with Gasteiger partial charge in [-0.05, 0) is 30.2 Å². The second-order valence-electron chi connectivity index (χ2n) is 5.92. The Kier molecular flexibility index (Phi) is 6.32. The number of urea groups is 1. The van der Waals surface area contributed by atoms with Crippen LogP contribution in [0, 0.1) is 6.92 Å². The van der Waals surface area contributed by atoms with E-state index in [1.54, 1.807) is 18.4 Å². The van der Waals surface area contributed by atoms with Gasteiger partial charge in [-0.1, -0.05) is 48.0 Å². The maximum atomic E-state index is 11.5. The Balaban J connectivity index is 2.03. The SMILES string of the molecule is CNC(=O)NCCn1c(-c2ccccc2)csc1=Nc1cccc(Cl)c1C. The number of carbonyl (C=O) groups is 1. The average molecular weight is 401 g/mol. The van der Waals surface area contributed by atoms with E-state index >= 15 is 0 Å². The second kappa shape index (κ2) is 8.88. The molecule has 0 fully saturated rings. The van der Waals surface area contributed by atoms with Gasteiger partial charge in [-0.3, -0.25) is 0 Å². The van der Waals surface area contributed by atoms with Crippen LogP contribution < -0.4 is 15.4 Å². The van der Waals surface area contributed by atoms with Crippen LogP contribution in [0.5, 0.6) is 0 Å². The molecule has 0 aliphatic carbocycles. The van der Waals surface area contributed by atoms with Gasteiger partial charge in [-0.25, -0.2) is 9.79 Å². The molecule has 0 radical (unpaired) electrons. The number of hydrogen-bond acceptors (Lipinski definition) is 3. The molecule has 7 heteroatoms. The van der Waals surface area contributed by atoms with Crippen molar-refractivity contribution in [2.24, 2.45) is 4.99 Å². The molecule has 0 spiro atoms. The van der Waals surface area contributed by atoms with Crippen LogP contribution in [-0.4, -0.2) is 24.2 Å². The molecule has 27 heavy (non-hydrogen) atoms. The number of amides is 2. The summed E-state index contributed by atoms with van der Waals surface area (Å²) in [7, 11) is 1.60. The summed E-state index contributed by atoms with van der Waals surface area (Å²) in [6, 6.07) is 15.7. The lowest BCUT2D eigenvalue weighted by Gasteiger charge is -2.10. The monoisotopic (exact) mass is 400 g/mol. The molecule has 0 saturated carbocycles. The summed E-state index contributed by atoms with van der Waals surface area (Å²) < 4.78 is 2.12. The third kappa shape index (κ3) is 4.59. The summed E-state index contributed by atoms with van der Waals surface area (Å²) >= 11 is 7.81. The third-order valence-electron chi connectivity index (χ3n) is 4.17. The van der Waals surface area contributed by atoms with Crippen molar-refractivity contribution >= 4 is 34.7 Å². The van der Waals surface area contributed by atoms with Crippen molar-refractivity contribution in [1.82, 2.24) is 15.2 Å². The average Bonchev–Trinajstić information content (AvgIpc) is 3.08. The zero-order chi connectivity index (χ0) is 19.2. The Morgan fingerprint density at radius 1 is 1.19 bits per heavy atom. The first kappa shape index (κ1) is 19.2. The number of thiazole rings is 1. The Hall–Kier alpha value is -2.57. The number of rotatable bonds is 5. The summed E-state index contributed by atoms with van der Waals surface area (Å²) in [5, 5.41) is 8.19. The van der Waals surface area contributed by atoms with Gasteiger partial charge in [-0.2, -0.15) is 0 Å². The van der Waals surface area contributed by atoms with Crippen LogP contribution in [0.2, 0.25) is 5.02 Å². The molecule has 0 bridgehead atoms. The molecule has 2 N–H and O–H groups in total. The normalized spacial score (nSPS) is 11.4. The van der Waals surface area contributed by atoms with Crippen molar-refractivity contribution in [3.8, 4) is 11.3 Å². The van der Waals surface area contributed by atoms with Gasteiger partial charge < -0.3 is 15.2 Å². The van der Waals surface area contributed by atoms with Gasteiger partial charge in [-0.15, -0.1) is 11.3 Å². The van der Waals surface area contributed by atoms with E-state index in [-0.39, 0.29) is 6.03 Å².